The maximum absolute atomic E-state index is 11.5. The van der Waals surface area contributed by atoms with Crippen LogP contribution in [-0.2, 0) is 28.6 Å². The largest absolute Gasteiger partial charge is 0.469 e. The van der Waals surface area contributed by atoms with Gasteiger partial charge in [-0.25, -0.2) is 0 Å². The van der Waals surface area contributed by atoms with E-state index in [-0.39, 0.29) is 30.7 Å². The lowest BCUT2D eigenvalue weighted by molar-refractivity contribution is -0.148. The molecular formula is C12H20O6. The van der Waals surface area contributed by atoms with Gasteiger partial charge in [-0.15, -0.1) is 0 Å². The zero-order chi connectivity index (χ0) is 14.0. The van der Waals surface area contributed by atoms with Gasteiger partial charge in [0.2, 0.25) is 0 Å². The summed E-state index contributed by atoms with van der Waals surface area (Å²) in [6.45, 7) is 0. The summed E-state index contributed by atoms with van der Waals surface area (Å²) in [4.78, 5) is 33.4. The Balaban J connectivity index is 4.11. The quantitative estimate of drug-likeness (QED) is 0.480. The van der Waals surface area contributed by atoms with Gasteiger partial charge in [0.1, 0.15) is 0 Å². The highest BCUT2D eigenvalue weighted by Crippen LogP contribution is 2.17. The van der Waals surface area contributed by atoms with Crippen LogP contribution in [0.2, 0.25) is 0 Å². The predicted octanol–water partition coefficient (Wildman–Crippen LogP) is 1.07. The molecule has 0 radical (unpaired) electrons. The summed E-state index contributed by atoms with van der Waals surface area (Å²) in [6.07, 6.45) is 1.78. The van der Waals surface area contributed by atoms with E-state index < -0.39 is 5.92 Å². The smallest absolute Gasteiger partial charge is 0.308 e. The van der Waals surface area contributed by atoms with Gasteiger partial charge in [-0.05, 0) is 19.3 Å². The molecule has 0 aromatic rings. The monoisotopic (exact) mass is 260 g/mol. The average Bonchev–Trinajstić information content (AvgIpc) is 2.40. The van der Waals surface area contributed by atoms with Crippen molar-refractivity contribution < 1.29 is 28.6 Å². The van der Waals surface area contributed by atoms with Gasteiger partial charge in [0, 0.05) is 12.8 Å². The molecule has 0 fully saturated rings. The Bertz CT molecular complexity index is 286. The van der Waals surface area contributed by atoms with Crippen LogP contribution in [0.25, 0.3) is 0 Å². The maximum atomic E-state index is 11.5. The molecule has 18 heavy (non-hydrogen) atoms. The van der Waals surface area contributed by atoms with Gasteiger partial charge < -0.3 is 14.2 Å². The second kappa shape index (κ2) is 9.44. The van der Waals surface area contributed by atoms with Crippen molar-refractivity contribution in [1.82, 2.24) is 0 Å². The first-order chi connectivity index (χ1) is 8.54. The molecule has 0 aliphatic heterocycles. The summed E-state index contributed by atoms with van der Waals surface area (Å²) in [7, 11) is 3.91. The molecule has 0 bridgehead atoms. The molecule has 6 nitrogen and oxygen atoms in total. The van der Waals surface area contributed by atoms with Crippen LogP contribution in [0.4, 0.5) is 0 Å². The minimum atomic E-state index is -0.390. The summed E-state index contributed by atoms with van der Waals surface area (Å²) in [6, 6.07) is 0. The van der Waals surface area contributed by atoms with E-state index in [9.17, 15) is 14.4 Å². The van der Waals surface area contributed by atoms with E-state index in [4.69, 9.17) is 0 Å². The highest BCUT2D eigenvalue weighted by molar-refractivity contribution is 5.74. The van der Waals surface area contributed by atoms with E-state index in [1.165, 1.54) is 21.3 Å². The van der Waals surface area contributed by atoms with Crippen molar-refractivity contribution in [3.05, 3.63) is 0 Å². The first-order valence-electron chi connectivity index (χ1n) is 5.76. The third-order valence-corrected chi connectivity index (χ3v) is 2.62. The van der Waals surface area contributed by atoms with Gasteiger partial charge in [0.25, 0.3) is 0 Å². The van der Waals surface area contributed by atoms with Crippen LogP contribution < -0.4 is 0 Å². The predicted molar refractivity (Wildman–Crippen MR) is 62.6 cm³/mol. The van der Waals surface area contributed by atoms with Crippen LogP contribution in [0.15, 0.2) is 0 Å². The Labute approximate surface area is 107 Å². The topological polar surface area (TPSA) is 78.9 Å². The van der Waals surface area contributed by atoms with E-state index in [0.29, 0.717) is 19.3 Å². The number of rotatable bonds is 8. The lowest BCUT2D eigenvalue weighted by Crippen LogP contribution is -2.18. The molecule has 6 heteroatoms. The first kappa shape index (κ1) is 16.4. The molecule has 0 rings (SSSR count). The summed E-state index contributed by atoms with van der Waals surface area (Å²) in [5, 5.41) is 0. The van der Waals surface area contributed by atoms with Gasteiger partial charge in [0.15, 0.2) is 0 Å². The Morgan fingerprint density at radius 1 is 0.833 bits per heavy atom. The third-order valence-electron chi connectivity index (χ3n) is 2.62. The normalized spacial score (nSPS) is 11.5. The van der Waals surface area contributed by atoms with Crippen molar-refractivity contribution in [2.75, 3.05) is 21.3 Å². The van der Waals surface area contributed by atoms with E-state index >= 15 is 0 Å². The lowest BCUT2D eigenvalue weighted by Gasteiger charge is -2.13. The summed E-state index contributed by atoms with van der Waals surface area (Å²) in [5.74, 6) is -1.44. The molecule has 0 amide bonds. The summed E-state index contributed by atoms with van der Waals surface area (Å²) in [5.41, 5.74) is 0. The number of hydrogen-bond acceptors (Lipinski definition) is 6. The molecule has 0 heterocycles. The molecule has 0 unspecified atom stereocenters. The van der Waals surface area contributed by atoms with Crippen LogP contribution in [0.3, 0.4) is 0 Å². The second-order valence-corrected chi connectivity index (χ2v) is 3.80. The number of ether oxygens (including phenoxy) is 3. The van der Waals surface area contributed by atoms with Gasteiger partial charge >= 0.3 is 17.9 Å². The van der Waals surface area contributed by atoms with E-state index in [1.807, 2.05) is 0 Å². The standard InChI is InChI=1S/C12H20O6/c1-16-10(13)6-4-5-9(12(15)18-3)7-8-11(14)17-2/h9H,4-8H2,1-3H3/t9-/m1/s1. The van der Waals surface area contributed by atoms with Gasteiger partial charge in [-0.3, -0.25) is 14.4 Å². The Hall–Kier alpha value is -1.59. The summed E-state index contributed by atoms with van der Waals surface area (Å²) < 4.78 is 13.7. The number of carbonyl (C=O) groups is 3. The molecule has 0 aromatic heterocycles. The van der Waals surface area contributed by atoms with Crippen LogP contribution in [0.5, 0.6) is 0 Å². The fourth-order valence-electron chi connectivity index (χ4n) is 1.54. The zero-order valence-electron chi connectivity index (χ0n) is 11.1. The minimum Gasteiger partial charge on any atom is -0.469 e. The van der Waals surface area contributed by atoms with Crippen molar-refractivity contribution in [3.8, 4) is 0 Å². The van der Waals surface area contributed by atoms with Crippen molar-refractivity contribution in [2.45, 2.75) is 32.1 Å². The SMILES string of the molecule is COC(=O)CCC[C@H](CCC(=O)OC)C(=O)OC. The number of carbonyl (C=O) groups excluding carboxylic acids is 3. The maximum Gasteiger partial charge on any atom is 0.308 e. The molecular weight excluding hydrogens is 240 g/mol. The van der Waals surface area contributed by atoms with E-state index in [0.717, 1.165) is 0 Å². The van der Waals surface area contributed by atoms with Crippen molar-refractivity contribution in [3.63, 3.8) is 0 Å². The second-order valence-electron chi connectivity index (χ2n) is 3.80. The number of hydrogen-bond donors (Lipinski definition) is 0. The minimum absolute atomic E-state index is 0.161. The lowest BCUT2D eigenvalue weighted by atomic mass is 9.97. The van der Waals surface area contributed by atoms with Gasteiger partial charge in [0.05, 0.1) is 27.2 Å². The zero-order valence-corrected chi connectivity index (χ0v) is 11.1. The Morgan fingerprint density at radius 3 is 1.89 bits per heavy atom. The highest BCUT2D eigenvalue weighted by Gasteiger charge is 2.20. The first-order valence-corrected chi connectivity index (χ1v) is 5.76. The Kier molecular flexibility index (Phi) is 8.61. The fraction of sp³-hybridized carbons (Fsp3) is 0.750. The number of methoxy groups -OCH3 is 3. The molecule has 0 spiro atoms. The highest BCUT2D eigenvalue weighted by atomic mass is 16.5. The Morgan fingerprint density at radius 2 is 1.39 bits per heavy atom. The third kappa shape index (κ3) is 6.88. The van der Waals surface area contributed by atoms with Crippen molar-refractivity contribution >= 4 is 17.9 Å². The van der Waals surface area contributed by atoms with Gasteiger partial charge in [-0.2, -0.15) is 0 Å². The van der Waals surface area contributed by atoms with Crippen molar-refractivity contribution in [1.29, 1.82) is 0 Å². The van der Waals surface area contributed by atoms with Crippen LogP contribution in [0, 0.1) is 5.92 Å². The molecule has 0 aromatic carbocycles. The molecule has 0 N–H and O–H groups in total. The van der Waals surface area contributed by atoms with Gasteiger partial charge in [-0.1, -0.05) is 0 Å². The van der Waals surface area contributed by atoms with Crippen LogP contribution in [0.1, 0.15) is 32.1 Å². The van der Waals surface area contributed by atoms with Crippen LogP contribution >= 0.6 is 0 Å². The molecule has 0 aliphatic carbocycles. The average molecular weight is 260 g/mol. The van der Waals surface area contributed by atoms with E-state index in [2.05, 4.69) is 14.2 Å². The molecule has 0 saturated carbocycles. The number of esters is 3. The summed E-state index contributed by atoms with van der Waals surface area (Å²) >= 11 is 0. The fourth-order valence-corrected chi connectivity index (χ4v) is 1.54. The molecule has 0 aliphatic rings. The molecule has 1 atom stereocenters. The van der Waals surface area contributed by atoms with Crippen molar-refractivity contribution in [2.24, 2.45) is 5.92 Å². The van der Waals surface area contributed by atoms with Crippen LogP contribution in [-0.4, -0.2) is 39.2 Å². The van der Waals surface area contributed by atoms with E-state index in [1.54, 1.807) is 0 Å². The molecule has 104 valence electrons. The molecule has 0 saturated heterocycles.